The van der Waals surface area contributed by atoms with Gasteiger partial charge in [0.25, 0.3) is 0 Å². The Balaban J connectivity index is 2.22. The summed E-state index contributed by atoms with van der Waals surface area (Å²) < 4.78 is 6.72. The van der Waals surface area contributed by atoms with Crippen LogP contribution in [-0.2, 0) is 0 Å². The van der Waals surface area contributed by atoms with E-state index in [0.29, 0.717) is 0 Å². The van der Waals surface area contributed by atoms with Gasteiger partial charge in [-0.1, -0.05) is 15.9 Å². The molecule has 0 aliphatic carbocycles. The number of aromatic nitrogens is 1. The van der Waals surface area contributed by atoms with Gasteiger partial charge in [-0.15, -0.1) is 0 Å². The fourth-order valence-electron chi connectivity index (χ4n) is 1.21. The predicted molar refractivity (Wildman–Crippen MR) is 63.2 cm³/mol. The van der Waals surface area contributed by atoms with Crippen molar-refractivity contribution in [1.82, 2.24) is 4.98 Å². The summed E-state index contributed by atoms with van der Waals surface area (Å²) in [6.07, 6.45) is 1.75. The van der Waals surface area contributed by atoms with Crippen LogP contribution in [0.25, 0.3) is 0 Å². The molecule has 2 rings (SSSR count). The summed E-state index contributed by atoms with van der Waals surface area (Å²) in [5.74, 6) is 1.61. The van der Waals surface area contributed by atoms with Crippen LogP contribution in [0.15, 0.2) is 47.1 Å². The molecule has 1 aromatic heterocycles. The maximum atomic E-state index is 5.68. The zero-order chi connectivity index (χ0) is 10.7. The lowest BCUT2D eigenvalue weighted by molar-refractivity contribution is 0.475. The Labute approximate surface area is 97.1 Å². The third kappa shape index (κ3) is 2.57. The molecule has 0 N–H and O–H groups in total. The summed E-state index contributed by atoms with van der Waals surface area (Å²) in [5, 5.41) is 0. The molecule has 15 heavy (non-hydrogen) atoms. The minimum absolute atomic E-state index is 0.792. The minimum atomic E-state index is 0.792. The Morgan fingerprint density at radius 3 is 2.53 bits per heavy atom. The monoisotopic (exact) mass is 263 g/mol. The molecule has 76 valence electrons. The van der Waals surface area contributed by atoms with Gasteiger partial charge >= 0.3 is 0 Å². The smallest absolute Gasteiger partial charge is 0.148 e. The normalized spacial score (nSPS) is 10.0. The minimum Gasteiger partial charge on any atom is -0.455 e. The van der Waals surface area contributed by atoms with E-state index in [2.05, 4.69) is 20.9 Å². The van der Waals surface area contributed by atoms with Crippen LogP contribution in [-0.4, -0.2) is 4.98 Å². The van der Waals surface area contributed by atoms with E-state index in [1.165, 1.54) is 0 Å². The van der Waals surface area contributed by atoms with Gasteiger partial charge in [0.15, 0.2) is 0 Å². The van der Waals surface area contributed by atoms with Crippen molar-refractivity contribution >= 4 is 15.9 Å². The van der Waals surface area contributed by atoms with Gasteiger partial charge in [0, 0.05) is 10.7 Å². The van der Waals surface area contributed by atoms with E-state index in [4.69, 9.17) is 4.74 Å². The van der Waals surface area contributed by atoms with Gasteiger partial charge in [0.2, 0.25) is 0 Å². The molecule has 0 atom stereocenters. The molecule has 0 fully saturated rings. The van der Waals surface area contributed by atoms with Crippen molar-refractivity contribution in [2.45, 2.75) is 6.92 Å². The lowest BCUT2D eigenvalue weighted by Gasteiger charge is -2.07. The van der Waals surface area contributed by atoms with Crippen LogP contribution >= 0.6 is 15.9 Å². The van der Waals surface area contributed by atoms with Gasteiger partial charge in [-0.3, -0.25) is 4.98 Å². The van der Waals surface area contributed by atoms with Gasteiger partial charge in [-0.05, 0) is 43.3 Å². The first-order valence-corrected chi connectivity index (χ1v) is 5.40. The number of halogens is 1. The Kier molecular flexibility index (Phi) is 3.02. The second kappa shape index (κ2) is 4.45. The summed E-state index contributed by atoms with van der Waals surface area (Å²) in [6, 6.07) is 11.5. The van der Waals surface area contributed by atoms with Crippen molar-refractivity contribution in [3.63, 3.8) is 0 Å². The molecule has 0 unspecified atom stereocenters. The Morgan fingerprint density at radius 1 is 1.13 bits per heavy atom. The third-order valence-electron chi connectivity index (χ3n) is 2.00. The number of aryl methyl sites for hydroxylation is 1. The SMILES string of the molecule is Cc1ncccc1Oc1ccc(Br)cc1. The fourth-order valence-corrected chi connectivity index (χ4v) is 1.47. The third-order valence-corrected chi connectivity index (χ3v) is 2.53. The van der Waals surface area contributed by atoms with E-state index in [9.17, 15) is 0 Å². The first-order valence-electron chi connectivity index (χ1n) is 4.61. The Morgan fingerprint density at radius 2 is 1.87 bits per heavy atom. The summed E-state index contributed by atoms with van der Waals surface area (Å²) >= 11 is 3.38. The molecular formula is C12H10BrNO. The first-order chi connectivity index (χ1) is 7.25. The number of nitrogens with zero attached hydrogens (tertiary/aromatic N) is 1. The lowest BCUT2D eigenvalue weighted by Crippen LogP contribution is -1.88. The summed E-state index contributed by atoms with van der Waals surface area (Å²) in [4.78, 5) is 4.16. The molecule has 0 aliphatic heterocycles. The van der Waals surface area contributed by atoms with E-state index in [1.54, 1.807) is 6.20 Å². The molecule has 1 aromatic carbocycles. The fraction of sp³-hybridized carbons (Fsp3) is 0.0833. The molecule has 2 nitrogen and oxygen atoms in total. The number of pyridine rings is 1. The van der Waals surface area contributed by atoms with Crippen LogP contribution in [0.5, 0.6) is 11.5 Å². The average molecular weight is 264 g/mol. The Bertz CT molecular complexity index is 453. The molecular weight excluding hydrogens is 254 g/mol. The van der Waals surface area contributed by atoms with Crippen LogP contribution in [0.1, 0.15) is 5.69 Å². The standard InChI is InChI=1S/C12H10BrNO/c1-9-12(3-2-8-14-9)15-11-6-4-10(13)5-7-11/h2-8H,1H3. The van der Waals surface area contributed by atoms with E-state index in [-0.39, 0.29) is 0 Å². The highest BCUT2D eigenvalue weighted by Crippen LogP contribution is 2.24. The number of rotatable bonds is 2. The lowest BCUT2D eigenvalue weighted by atomic mass is 10.3. The van der Waals surface area contributed by atoms with Crippen LogP contribution < -0.4 is 4.74 Å². The van der Waals surface area contributed by atoms with Crippen molar-refractivity contribution in [1.29, 1.82) is 0 Å². The summed E-state index contributed by atoms with van der Waals surface area (Å²) in [7, 11) is 0. The molecule has 0 spiro atoms. The molecule has 0 saturated heterocycles. The van der Waals surface area contributed by atoms with Gasteiger partial charge in [-0.25, -0.2) is 0 Å². The highest BCUT2D eigenvalue weighted by Gasteiger charge is 2.00. The van der Waals surface area contributed by atoms with Crippen molar-refractivity contribution in [2.75, 3.05) is 0 Å². The highest BCUT2D eigenvalue weighted by atomic mass is 79.9. The van der Waals surface area contributed by atoms with Gasteiger partial charge < -0.3 is 4.74 Å². The van der Waals surface area contributed by atoms with Crippen molar-refractivity contribution < 1.29 is 4.74 Å². The number of hydrogen-bond donors (Lipinski definition) is 0. The molecule has 0 saturated carbocycles. The molecule has 0 bridgehead atoms. The van der Waals surface area contributed by atoms with Crippen LogP contribution in [0.4, 0.5) is 0 Å². The van der Waals surface area contributed by atoms with Gasteiger partial charge in [-0.2, -0.15) is 0 Å². The molecule has 1 heterocycles. The molecule has 0 amide bonds. The zero-order valence-electron chi connectivity index (χ0n) is 8.27. The highest BCUT2D eigenvalue weighted by molar-refractivity contribution is 9.10. The van der Waals surface area contributed by atoms with E-state index in [0.717, 1.165) is 21.7 Å². The molecule has 0 radical (unpaired) electrons. The zero-order valence-corrected chi connectivity index (χ0v) is 9.86. The van der Waals surface area contributed by atoms with E-state index >= 15 is 0 Å². The van der Waals surface area contributed by atoms with Crippen molar-refractivity contribution in [3.8, 4) is 11.5 Å². The molecule has 3 heteroatoms. The number of hydrogen-bond acceptors (Lipinski definition) is 2. The maximum Gasteiger partial charge on any atom is 0.148 e. The number of ether oxygens (including phenoxy) is 1. The van der Waals surface area contributed by atoms with Crippen LogP contribution in [0.2, 0.25) is 0 Å². The second-order valence-electron chi connectivity index (χ2n) is 3.14. The second-order valence-corrected chi connectivity index (χ2v) is 4.06. The summed E-state index contributed by atoms with van der Waals surface area (Å²) in [6.45, 7) is 1.92. The number of benzene rings is 1. The largest absolute Gasteiger partial charge is 0.455 e. The Hall–Kier alpha value is -1.35. The molecule has 0 aliphatic rings. The summed E-state index contributed by atoms with van der Waals surface area (Å²) in [5.41, 5.74) is 0.889. The van der Waals surface area contributed by atoms with E-state index in [1.807, 2.05) is 43.3 Å². The molecule has 2 aromatic rings. The van der Waals surface area contributed by atoms with Crippen LogP contribution in [0, 0.1) is 6.92 Å². The van der Waals surface area contributed by atoms with E-state index < -0.39 is 0 Å². The van der Waals surface area contributed by atoms with Gasteiger partial charge in [0.1, 0.15) is 11.5 Å². The first kappa shape index (κ1) is 10.2. The predicted octanol–water partition coefficient (Wildman–Crippen LogP) is 3.94. The maximum absolute atomic E-state index is 5.68. The topological polar surface area (TPSA) is 22.1 Å². The average Bonchev–Trinajstić information content (AvgIpc) is 2.25. The van der Waals surface area contributed by atoms with Crippen LogP contribution in [0.3, 0.4) is 0 Å². The van der Waals surface area contributed by atoms with Crippen molar-refractivity contribution in [3.05, 3.63) is 52.8 Å². The van der Waals surface area contributed by atoms with Crippen molar-refractivity contribution in [2.24, 2.45) is 0 Å². The van der Waals surface area contributed by atoms with Gasteiger partial charge in [0.05, 0.1) is 5.69 Å². The quantitative estimate of drug-likeness (QED) is 0.819.